The minimum atomic E-state index is -0.488. The van der Waals surface area contributed by atoms with Crippen LogP contribution in [0.2, 0.25) is 0 Å². The van der Waals surface area contributed by atoms with Gasteiger partial charge in [-0.1, -0.05) is 70.9 Å². The molecule has 7 heteroatoms. The average Bonchev–Trinajstić information content (AvgIpc) is 3.15. The van der Waals surface area contributed by atoms with E-state index in [1.165, 1.54) is 4.80 Å². The smallest absolute Gasteiger partial charge is 0.372 e. The Morgan fingerprint density at radius 3 is 2.26 bits per heavy atom. The van der Waals surface area contributed by atoms with Gasteiger partial charge in [0.05, 0.1) is 6.04 Å². The number of carbonyl (C=O) groups excluding carboxylic acids is 1. The Labute approximate surface area is 158 Å². The first-order chi connectivity index (χ1) is 13.1. The number of nitrogens with zero attached hydrogens (tertiary/aromatic N) is 5. The molecular weight excluding hydrogens is 342 g/mol. The lowest BCUT2D eigenvalue weighted by atomic mass is 10.1. The number of hydrogen-bond acceptors (Lipinski definition) is 5. The van der Waals surface area contributed by atoms with Crippen molar-refractivity contribution in [3.63, 3.8) is 0 Å². The highest BCUT2D eigenvalue weighted by Gasteiger charge is 2.19. The van der Waals surface area contributed by atoms with Crippen molar-refractivity contribution in [3.8, 4) is 6.01 Å². The molecule has 0 spiro atoms. The quantitative estimate of drug-likeness (QED) is 0.641. The third kappa shape index (κ3) is 5.37. The van der Waals surface area contributed by atoms with Gasteiger partial charge in [0.1, 0.15) is 0 Å². The summed E-state index contributed by atoms with van der Waals surface area (Å²) in [5.41, 5.74) is 2.19. The number of amides is 1. The van der Waals surface area contributed by atoms with Gasteiger partial charge in [0.25, 0.3) is 0 Å². The molecule has 3 rings (SSSR count). The van der Waals surface area contributed by atoms with Crippen molar-refractivity contribution >= 4 is 6.09 Å². The lowest BCUT2D eigenvalue weighted by molar-refractivity contribution is 0.146. The molecule has 3 aromatic rings. The highest BCUT2D eigenvalue weighted by molar-refractivity contribution is 5.69. The summed E-state index contributed by atoms with van der Waals surface area (Å²) >= 11 is 0. The van der Waals surface area contributed by atoms with Crippen LogP contribution in [0.4, 0.5) is 4.79 Å². The van der Waals surface area contributed by atoms with Gasteiger partial charge in [0, 0.05) is 13.1 Å². The molecule has 1 amide bonds. The van der Waals surface area contributed by atoms with Crippen LogP contribution >= 0.6 is 0 Å². The van der Waals surface area contributed by atoms with Gasteiger partial charge >= 0.3 is 12.1 Å². The van der Waals surface area contributed by atoms with Gasteiger partial charge in [-0.15, -0.1) is 0 Å². The summed E-state index contributed by atoms with van der Waals surface area (Å²) in [4.78, 5) is 15.8. The molecule has 1 aromatic heterocycles. The van der Waals surface area contributed by atoms with Crippen LogP contribution in [0.5, 0.6) is 6.01 Å². The van der Waals surface area contributed by atoms with Crippen LogP contribution in [0.3, 0.4) is 0 Å². The third-order valence-corrected chi connectivity index (χ3v) is 4.04. The number of rotatable bonds is 7. The normalized spacial score (nSPS) is 10.8. The van der Waals surface area contributed by atoms with Crippen LogP contribution in [0.1, 0.15) is 31.0 Å². The zero-order valence-corrected chi connectivity index (χ0v) is 15.5. The number of tetrazole rings is 1. The highest BCUT2D eigenvalue weighted by atomic mass is 16.6. The molecule has 0 aliphatic rings. The monoisotopic (exact) mass is 365 g/mol. The second-order valence-corrected chi connectivity index (χ2v) is 6.50. The number of carbonyl (C=O) groups is 1. The van der Waals surface area contributed by atoms with Crippen molar-refractivity contribution in [2.75, 3.05) is 6.54 Å². The average molecular weight is 365 g/mol. The maximum Gasteiger partial charge on any atom is 0.418 e. The Morgan fingerprint density at radius 2 is 1.67 bits per heavy atom. The van der Waals surface area contributed by atoms with E-state index >= 15 is 0 Å². The maximum absolute atomic E-state index is 12.7. The Morgan fingerprint density at radius 1 is 1.04 bits per heavy atom. The fraction of sp³-hybridized carbons (Fsp3) is 0.300. The highest BCUT2D eigenvalue weighted by Crippen LogP contribution is 2.11. The molecule has 140 valence electrons. The van der Waals surface area contributed by atoms with Gasteiger partial charge in [0.15, 0.2) is 0 Å². The zero-order chi connectivity index (χ0) is 19.1. The fourth-order valence-corrected chi connectivity index (χ4v) is 2.56. The van der Waals surface area contributed by atoms with Crippen LogP contribution < -0.4 is 4.74 Å². The molecule has 0 atom stereocenters. The number of benzene rings is 2. The molecule has 0 radical (unpaired) electrons. The lowest BCUT2D eigenvalue weighted by Crippen LogP contribution is -2.35. The minimum absolute atomic E-state index is 0.0357. The van der Waals surface area contributed by atoms with E-state index in [4.69, 9.17) is 4.74 Å². The molecule has 0 N–H and O–H groups in total. The molecule has 27 heavy (non-hydrogen) atoms. The molecule has 0 bridgehead atoms. The molecule has 1 heterocycles. The van der Waals surface area contributed by atoms with Crippen LogP contribution in [-0.2, 0) is 13.0 Å². The standard InChI is InChI=1S/C20H23N5O2/c1-16(2)25-22-19(21-23-25)27-20(26)24(15-18-11-7-4-8-12-18)14-13-17-9-5-3-6-10-17/h3-12,16H,13-15H2,1-2H3. The van der Waals surface area contributed by atoms with E-state index in [2.05, 4.69) is 15.4 Å². The second kappa shape index (κ2) is 8.93. The van der Waals surface area contributed by atoms with Gasteiger partial charge in [0.2, 0.25) is 0 Å². The largest absolute Gasteiger partial charge is 0.418 e. The van der Waals surface area contributed by atoms with E-state index in [9.17, 15) is 4.79 Å². The minimum Gasteiger partial charge on any atom is -0.372 e. The summed E-state index contributed by atoms with van der Waals surface area (Å²) in [5.74, 6) is 0. The van der Waals surface area contributed by atoms with Gasteiger partial charge in [-0.3, -0.25) is 0 Å². The van der Waals surface area contributed by atoms with Crippen LogP contribution in [0.15, 0.2) is 60.7 Å². The van der Waals surface area contributed by atoms with E-state index < -0.39 is 6.09 Å². The molecular formula is C20H23N5O2. The summed E-state index contributed by atoms with van der Waals surface area (Å²) in [6.07, 6.45) is 0.243. The first kappa shape index (κ1) is 18.6. The molecule has 0 fully saturated rings. The topological polar surface area (TPSA) is 73.1 Å². The van der Waals surface area contributed by atoms with Gasteiger partial charge in [-0.05, 0) is 36.6 Å². The fourth-order valence-electron chi connectivity index (χ4n) is 2.56. The van der Waals surface area contributed by atoms with E-state index in [-0.39, 0.29) is 12.1 Å². The summed E-state index contributed by atoms with van der Waals surface area (Å²) in [5, 5.41) is 11.8. The van der Waals surface area contributed by atoms with E-state index in [1.54, 1.807) is 4.90 Å². The van der Waals surface area contributed by atoms with Gasteiger partial charge < -0.3 is 9.64 Å². The molecule has 0 aliphatic heterocycles. The number of hydrogen-bond donors (Lipinski definition) is 0. The summed E-state index contributed by atoms with van der Waals surface area (Å²) in [7, 11) is 0. The van der Waals surface area contributed by atoms with Crippen LogP contribution in [0.25, 0.3) is 0 Å². The van der Waals surface area contributed by atoms with Crippen molar-refractivity contribution in [3.05, 3.63) is 71.8 Å². The van der Waals surface area contributed by atoms with Crippen molar-refractivity contribution < 1.29 is 9.53 Å². The van der Waals surface area contributed by atoms with Gasteiger partial charge in [-0.25, -0.2) is 4.79 Å². The SMILES string of the molecule is CC(C)n1nnc(OC(=O)N(CCc2ccccc2)Cc2ccccc2)n1. The van der Waals surface area contributed by atoms with Crippen LogP contribution in [0, 0.1) is 0 Å². The number of aromatic nitrogens is 4. The summed E-state index contributed by atoms with van der Waals surface area (Å²) < 4.78 is 5.35. The first-order valence-electron chi connectivity index (χ1n) is 8.96. The van der Waals surface area contributed by atoms with Gasteiger partial charge in [-0.2, -0.15) is 4.80 Å². The lowest BCUT2D eigenvalue weighted by Gasteiger charge is -2.21. The Kier molecular flexibility index (Phi) is 6.14. The number of ether oxygens (including phenoxy) is 1. The molecule has 0 saturated heterocycles. The zero-order valence-electron chi connectivity index (χ0n) is 15.5. The second-order valence-electron chi connectivity index (χ2n) is 6.50. The van der Waals surface area contributed by atoms with E-state index in [0.717, 1.165) is 17.5 Å². The van der Waals surface area contributed by atoms with E-state index in [1.807, 2.05) is 74.5 Å². The van der Waals surface area contributed by atoms with Crippen LogP contribution in [-0.4, -0.2) is 37.7 Å². The summed E-state index contributed by atoms with van der Waals surface area (Å²) in [6.45, 7) is 4.82. The van der Waals surface area contributed by atoms with Crippen molar-refractivity contribution in [1.82, 2.24) is 25.1 Å². The predicted octanol–water partition coefficient (Wildman–Crippen LogP) is 3.50. The molecule has 7 nitrogen and oxygen atoms in total. The Balaban J connectivity index is 1.69. The molecule has 2 aromatic carbocycles. The van der Waals surface area contributed by atoms with Crippen molar-refractivity contribution in [2.24, 2.45) is 0 Å². The predicted molar refractivity (Wildman–Crippen MR) is 101 cm³/mol. The molecule has 0 saturated carbocycles. The summed E-state index contributed by atoms with van der Waals surface area (Å²) in [6, 6.07) is 19.9. The maximum atomic E-state index is 12.7. The Bertz CT molecular complexity index is 849. The molecule has 0 unspecified atom stereocenters. The van der Waals surface area contributed by atoms with E-state index in [0.29, 0.717) is 13.1 Å². The Hall–Kier alpha value is -3.22. The first-order valence-corrected chi connectivity index (χ1v) is 8.96. The van der Waals surface area contributed by atoms with Crippen molar-refractivity contribution in [2.45, 2.75) is 32.9 Å². The third-order valence-electron chi connectivity index (χ3n) is 4.04. The molecule has 0 aliphatic carbocycles. The van der Waals surface area contributed by atoms with Crippen molar-refractivity contribution in [1.29, 1.82) is 0 Å².